The number of halogens is 1. The van der Waals surface area contributed by atoms with Crippen LogP contribution in [0.2, 0.25) is 0 Å². The molecular weight excluding hydrogens is 452 g/mol. The predicted molar refractivity (Wildman–Crippen MR) is 118 cm³/mol. The zero-order chi connectivity index (χ0) is 21.8. The molecule has 0 spiro atoms. The van der Waals surface area contributed by atoms with Crippen LogP contribution < -0.4 is 22.3 Å². The van der Waals surface area contributed by atoms with Gasteiger partial charge in [0.1, 0.15) is 17.9 Å². The van der Waals surface area contributed by atoms with Crippen molar-refractivity contribution in [2.45, 2.75) is 20.0 Å². The molecule has 0 atom stereocenters. The van der Waals surface area contributed by atoms with E-state index in [1.54, 1.807) is 48.5 Å². The summed E-state index contributed by atoms with van der Waals surface area (Å²) in [5.74, 6) is -1.39. The summed E-state index contributed by atoms with van der Waals surface area (Å²) in [6, 6.07) is 15.9. The highest BCUT2D eigenvalue weighted by Crippen LogP contribution is 2.21. The fourth-order valence-electron chi connectivity index (χ4n) is 3.00. The van der Waals surface area contributed by atoms with Crippen molar-refractivity contribution in [3.8, 4) is 0 Å². The maximum atomic E-state index is 13.0. The third-order valence-corrected chi connectivity index (χ3v) is 5.14. The smallest absolute Gasteiger partial charge is 0.333 e. The number of nitrogens with zero attached hydrogens (tertiary/aromatic N) is 2. The Morgan fingerprint density at radius 3 is 2.27 bits per heavy atom. The number of nitrogens with two attached hydrogens (primary N) is 1. The quantitative estimate of drug-likeness (QED) is 0.535. The van der Waals surface area contributed by atoms with E-state index in [1.165, 1.54) is 6.92 Å². The van der Waals surface area contributed by atoms with Gasteiger partial charge in [0.2, 0.25) is 5.91 Å². The Balaban J connectivity index is 2.04. The molecule has 0 aliphatic carbocycles. The molecule has 8 nitrogen and oxygen atoms in total. The minimum atomic E-state index is -0.892. The highest BCUT2D eigenvalue weighted by Gasteiger charge is 2.22. The standard InChI is InChI=1S/C21H19BrN4O4/c1-13(27)18-19(23)25(11-14-7-3-2-4-8-14)21(30)26(20(18)29)12-17(28)24-16-10-6-5-9-15(16)22/h2-10H,11-12,23H2,1H3,(H,24,28). The second kappa shape index (κ2) is 8.91. The number of para-hydroxylation sites is 1. The summed E-state index contributed by atoms with van der Waals surface area (Å²) in [6.45, 7) is 0.683. The van der Waals surface area contributed by atoms with Crippen molar-refractivity contribution >= 4 is 39.1 Å². The van der Waals surface area contributed by atoms with Gasteiger partial charge >= 0.3 is 5.69 Å². The van der Waals surface area contributed by atoms with Crippen molar-refractivity contribution < 1.29 is 9.59 Å². The molecule has 9 heteroatoms. The van der Waals surface area contributed by atoms with E-state index in [1.807, 2.05) is 6.07 Å². The number of benzene rings is 2. The number of Topliss-reactive ketones (excluding diaryl/α,β-unsaturated/α-hetero) is 1. The lowest BCUT2D eigenvalue weighted by molar-refractivity contribution is -0.116. The molecule has 3 aromatic rings. The Morgan fingerprint density at radius 1 is 1.00 bits per heavy atom. The topological polar surface area (TPSA) is 116 Å². The Bertz CT molecular complexity index is 1230. The van der Waals surface area contributed by atoms with Gasteiger partial charge in [-0.15, -0.1) is 0 Å². The number of carbonyl (C=O) groups is 2. The lowest BCUT2D eigenvalue weighted by atomic mass is 10.2. The van der Waals surface area contributed by atoms with Gasteiger partial charge in [0, 0.05) is 4.47 Å². The van der Waals surface area contributed by atoms with E-state index in [2.05, 4.69) is 21.2 Å². The molecule has 0 radical (unpaired) electrons. The Morgan fingerprint density at radius 2 is 1.63 bits per heavy atom. The first-order valence-electron chi connectivity index (χ1n) is 9.02. The normalized spacial score (nSPS) is 10.6. The Labute approximate surface area is 180 Å². The molecule has 0 aliphatic heterocycles. The van der Waals surface area contributed by atoms with E-state index in [0.29, 0.717) is 10.2 Å². The van der Waals surface area contributed by atoms with Crippen LogP contribution in [0, 0.1) is 0 Å². The van der Waals surface area contributed by atoms with Gasteiger partial charge in [0.25, 0.3) is 5.56 Å². The SMILES string of the molecule is CC(=O)c1c(N)n(Cc2ccccc2)c(=O)n(CC(=O)Nc2ccccc2Br)c1=O. The number of rotatable bonds is 6. The van der Waals surface area contributed by atoms with Gasteiger partial charge in [-0.3, -0.25) is 19.0 Å². The fourth-order valence-corrected chi connectivity index (χ4v) is 3.38. The van der Waals surface area contributed by atoms with Crippen LogP contribution in [0.4, 0.5) is 11.5 Å². The fraction of sp³-hybridized carbons (Fsp3) is 0.143. The number of hydrogen-bond acceptors (Lipinski definition) is 5. The summed E-state index contributed by atoms with van der Waals surface area (Å²) in [7, 11) is 0. The number of amides is 1. The first-order chi connectivity index (χ1) is 14.3. The van der Waals surface area contributed by atoms with Crippen LogP contribution in [0.25, 0.3) is 0 Å². The maximum Gasteiger partial charge on any atom is 0.333 e. The van der Waals surface area contributed by atoms with Crippen LogP contribution >= 0.6 is 15.9 Å². The van der Waals surface area contributed by atoms with Crippen molar-refractivity contribution in [1.82, 2.24) is 9.13 Å². The second-order valence-corrected chi connectivity index (χ2v) is 7.44. The number of anilines is 2. The lowest BCUT2D eigenvalue weighted by Gasteiger charge is -2.16. The van der Waals surface area contributed by atoms with Crippen molar-refractivity contribution in [3.63, 3.8) is 0 Å². The maximum absolute atomic E-state index is 13.0. The number of hydrogen-bond donors (Lipinski definition) is 2. The third-order valence-electron chi connectivity index (χ3n) is 4.45. The van der Waals surface area contributed by atoms with Gasteiger partial charge in [0.05, 0.1) is 12.2 Å². The van der Waals surface area contributed by atoms with Crippen molar-refractivity contribution in [3.05, 3.63) is 91.0 Å². The average molecular weight is 471 g/mol. The van der Waals surface area contributed by atoms with Gasteiger partial charge in [-0.25, -0.2) is 9.36 Å². The second-order valence-electron chi connectivity index (χ2n) is 6.59. The molecule has 1 amide bonds. The molecule has 0 saturated heterocycles. The van der Waals surface area contributed by atoms with Crippen LogP contribution in [0.3, 0.4) is 0 Å². The van der Waals surface area contributed by atoms with E-state index in [0.717, 1.165) is 14.7 Å². The molecule has 2 aromatic carbocycles. The van der Waals surface area contributed by atoms with Gasteiger partial charge < -0.3 is 11.1 Å². The van der Waals surface area contributed by atoms with Crippen LogP contribution in [0.15, 0.2) is 68.7 Å². The summed E-state index contributed by atoms with van der Waals surface area (Å²) in [5.41, 5.74) is 5.26. The molecule has 3 N–H and O–H groups in total. The first kappa shape index (κ1) is 21.3. The summed E-state index contributed by atoms with van der Waals surface area (Å²) in [4.78, 5) is 50.3. The number of nitrogen functional groups attached to an aromatic ring is 1. The molecule has 154 valence electrons. The first-order valence-corrected chi connectivity index (χ1v) is 9.81. The van der Waals surface area contributed by atoms with E-state index in [9.17, 15) is 19.2 Å². The molecule has 1 aromatic heterocycles. The predicted octanol–water partition coefficient (Wildman–Crippen LogP) is 2.24. The Hall–Kier alpha value is -3.46. The van der Waals surface area contributed by atoms with Crippen molar-refractivity contribution in [1.29, 1.82) is 0 Å². The molecule has 0 unspecified atom stereocenters. The molecule has 0 bridgehead atoms. The highest BCUT2D eigenvalue weighted by molar-refractivity contribution is 9.10. The summed E-state index contributed by atoms with van der Waals surface area (Å²) >= 11 is 3.32. The largest absolute Gasteiger partial charge is 0.384 e. The van der Waals surface area contributed by atoms with E-state index in [-0.39, 0.29) is 17.9 Å². The minimum Gasteiger partial charge on any atom is -0.384 e. The molecule has 0 saturated carbocycles. The van der Waals surface area contributed by atoms with E-state index >= 15 is 0 Å². The van der Waals surface area contributed by atoms with Crippen molar-refractivity contribution in [2.75, 3.05) is 11.1 Å². The van der Waals surface area contributed by atoms with E-state index in [4.69, 9.17) is 5.73 Å². The third kappa shape index (κ3) is 4.41. The van der Waals surface area contributed by atoms with Gasteiger partial charge in [-0.1, -0.05) is 42.5 Å². The zero-order valence-electron chi connectivity index (χ0n) is 16.1. The van der Waals surface area contributed by atoms with E-state index < -0.39 is 29.5 Å². The number of aromatic nitrogens is 2. The molecule has 0 aliphatic rings. The minimum absolute atomic E-state index is 0.0535. The molecular formula is C21H19BrN4O4. The number of nitrogens with one attached hydrogen (secondary N) is 1. The zero-order valence-corrected chi connectivity index (χ0v) is 17.7. The molecule has 1 heterocycles. The van der Waals surface area contributed by atoms with Crippen LogP contribution in [0.1, 0.15) is 22.8 Å². The number of carbonyl (C=O) groups excluding carboxylic acids is 2. The lowest BCUT2D eigenvalue weighted by Crippen LogP contribution is -2.46. The highest BCUT2D eigenvalue weighted by atomic mass is 79.9. The molecule has 30 heavy (non-hydrogen) atoms. The summed E-state index contributed by atoms with van der Waals surface area (Å²) in [6.07, 6.45) is 0. The monoisotopic (exact) mass is 470 g/mol. The van der Waals surface area contributed by atoms with Crippen LogP contribution in [-0.2, 0) is 17.9 Å². The van der Waals surface area contributed by atoms with Crippen LogP contribution in [0.5, 0.6) is 0 Å². The molecule has 3 rings (SSSR count). The summed E-state index contributed by atoms with van der Waals surface area (Å²) in [5, 5.41) is 2.64. The van der Waals surface area contributed by atoms with Crippen molar-refractivity contribution in [2.24, 2.45) is 0 Å². The number of ketones is 1. The van der Waals surface area contributed by atoms with Gasteiger partial charge in [-0.2, -0.15) is 0 Å². The summed E-state index contributed by atoms with van der Waals surface area (Å²) < 4.78 is 2.50. The Kier molecular flexibility index (Phi) is 6.31. The van der Waals surface area contributed by atoms with Gasteiger partial charge in [-0.05, 0) is 40.5 Å². The average Bonchev–Trinajstić information content (AvgIpc) is 2.71. The van der Waals surface area contributed by atoms with Crippen LogP contribution in [-0.4, -0.2) is 20.8 Å². The molecule has 0 fully saturated rings. The van der Waals surface area contributed by atoms with Gasteiger partial charge in [0.15, 0.2) is 5.78 Å².